The van der Waals surface area contributed by atoms with Gasteiger partial charge in [0.1, 0.15) is 11.5 Å². The molecule has 1 N–H and O–H groups in total. The van der Waals surface area contributed by atoms with Crippen molar-refractivity contribution in [3.05, 3.63) is 23.8 Å². The number of benzene rings is 1. The van der Waals surface area contributed by atoms with E-state index >= 15 is 0 Å². The van der Waals surface area contributed by atoms with E-state index in [0.717, 1.165) is 29.4 Å². The molecule has 0 spiro atoms. The van der Waals surface area contributed by atoms with E-state index in [0.29, 0.717) is 5.75 Å². The Bertz CT molecular complexity index is 453. The lowest BCUT2D eigenvalue weighted by Gasteiger charge is -2.21. The van der Waals surface area contributed by atoms with Gasteiger partial charge in [-0.2, -0.15) is 0 Å². The van der Waals surface area contributed by atoms with Crippen LogP contribution in [0.3, 0.4) is 0 Å². The second-order valence-corrected chi connectivity index (χ2v) is 5.34. The van der Waals surface area contributed by atoms with Crippen LogP contribution in [0.5, 0.6) is 11.5 Å². The van der Waals surface area contributed by atoms with Gasteiger partial charge in [0, 0.05) is 17.4 Å². The first-order valence-corrected chi connectivity index (χ1v) is 7.91. The summed E-state index contributed by atoms with van der Waals surface area (Å²) in [6.45, 7) is 2.87. The van der Waals surface area contributed by atoms with Gasteiger partial charge in [-0.25, -0.2) is 0 Å². The minimum atomic E-state index is -0.215. The predicted octanol–water partition coefficient (Wildman–Crippen LogP) is 2.26. The van der Waals surface area contributed by atoms with Crippen molar-refractivity contribution in [1.82, 2.24) is 5.32 Å². The predicted molar refractivity (Wildman–Crippen MR) is 85.3 cm³/mol. The molecular weight excluding hydrogens is 290 g/mol. The number of rotatable bonds is 9. The van der Waals surface area contributed by atoms with Gasteiger partial charge in [0.25, 0.3) is 0 Å². The fourth-order valence-electron chi connectivity index (χ4n) is 1.94. The van der Waals surface area contributed by atoms with E-state index in [1.54, 1.807) is 14.2 Å². The molecule has 0 aromatic heterocycles. The van der Waals surface area contributed by atoms with Gasteiger partial charge in [-0.05, 0) is 24.7 Å². The van der Waals surface area contributed by atoms with Crippen LogP contribution in [-0.4, -0.2) is 45.3 Å². The third-order valence-corrected chi connectivity index (χ3v) is 4.00. The number of carbonyl (C=O) groups excluding carboxylic acids is 1. The molecule has 0 bridgehead atoms. The van der Waals surface area contributed by atoms with Crippen molar-refractivity contribution < 1.29 is 19.0 Å². The molecule has 0 saturated carbocycles. The van der Waals surface area contributed by atoms with Gasteiger partial charge < -0.3 is 19.5 Å². The Morgan fingerprint density at radius 1 is 1.29 bits per heavy atom. The minimum absolute atomic E-state index is 0.0784. The van der Waals surface area contributed by atoms with Crippen molar-refractivity contribution >= 4 is 17.7 Å². The first-order chi connectivity index (χ1) is 10.2. The topological polar surface area (TPSA) is 56.8 Å². The van der Waals surface area contributed by atoms with Crippen molar-refractivity contribution in [1.29, 1.82) is 0 Å². The molecule has 1 rings (SSSR count). The maximum Gasteiger partial charge on any atom is 0.315 e. The van der Waals surface area contributed by atoms with Crippen LogP contribution in [0.4, 0.5) is 0 Å². The highest BCUT2D eigenvalue weighted by Crippen LogP contribution is 2.31. The number of thioether (sulfide) groups is 1. The zero-order valence-electron chi connectivity index (χ0n) is 13.0. The van der Waals surface area contributed by atoms with Crippen molar-refractivity contribution in [2.45, 2.75) is 13.0 Å². The van der Waals surface area contributed by atoms with Gasteiger partial charge in [-0.3, -0.25) is 4.79 Å². The number of nitrogens with one attached hydrogen (secondary N) is 1. The SMILES string of the molecule is CCNC(CSCC(=O)OC)c1cc(OC)ccc1OC. The number of esters is 1. The molecule has 1 aromatic carbocycles. The summed E-state index contributed by atoms with van der Waals surface area (Å²) >= 11 is 1.53. The van der Waals surface area contributed by atoms with E-state index in [1.165, 1.54) is 18.9 Å². The van der Waals surface area contributed by atoms with Crippen molar-refractivity contribution in [2.24, 2.45) is 0 Å². The third kappa shape index (κ3) is 5.47. The van der Waals surface area contributed by atoms with Crippen molar-refractivity contribution in [3.63, 3.8) is 0 Å². The molecule has 1 atom stereocenters. The molecule has 0 saturated heterocycles. The monoisotopic (exact) mass is 313 g/mol. The first-order valence-electron chi connectivity index (χ1n) is 6.76. The van der Waals surface area contributed by atoms with Crippen molar-refractivity contribution in [3.8, 4) is 11.5 Å². The van der Waals surface area contributed by atoms with Gasteiger partial charge in [-0.15, -0.1) is 11.8 Å². The minimum Gasteiger partial charge on any atom is -0.497 e. The van der Waals surface area contributed by atoms with Crippen molar-refractivity contribution in [2.75, 3.05) is 39.4 Å². The van der Waals surface area contributed by atoms with Gasteiger partial charge in [-0.1, -0.05) is 6.92 Å². The summed E-state index contributed by atoms with van der Waals surface area (Å²) in [5.74, 6) is 2.46. The normalized spacial score (nSPS) is 11.8. The fourth-order valence-corrected chi connectivity index (χ4v) is 2.87. The van der Waals surface area contributed by atoms with E-state index in [1.807, 2.05) is 25.1 Å². The molecule has 0 amide bonds. The van der Waals surface area contributed by atoms with Crippen LogP contribution in [0.25, 0.3) is 0 Å². The van der Waals surface area contributed by atoms with Crippen LogP contribution >= 0.6 is 11.8 Å². The zero-order chi connectivity index (χ0) is 15.7. The summed E-state index contributed by atoms with van der Waals surface area (Å²) in [6.07, 6.45) is 0. The summed E-state index contributed by atoms with van der Waals surface area (Å²) in [7, 11) is 4.69. The lowest BCUT2D eigenvalue weighted by molar-refractivity contribution is -0.137. The van der Waals surface area contributed by atoms with Gasteiger partial charge in [0.05, 0.1) is 27.1 Å². The van der Waals surface area contributed by atoms with Crippen LogP contribution in [0.1, 0.15) is 18.5 Å². The molecule has 118 valence electrons. The second kappa shape index (κ2) is 9.52. The number of ether oxygens (including phenoxy) is 3. The van der Waals surface area contributed by atoms with Crippen LogP contribution in [0.15, 0.2) is 18.2 Å². The highest BCUT2D eigenvalue weighted by molar-refractivity contribution is 7.99. The smallest absolute Gasteiger partial charge is 0.315 e. The quantitative estimate of drug-likeness (QED) is 0.706. The van der Waals surface area contributed by atoms with Crippen LogP contribution in [-0.2, 0) is 9.53 Å². The Kier molecular flexibility index (Phi) is 8.00. The summed E-state index contributed by atoms with van der Waals surface area (Å²) in [4.78, 5) is 11.2. The molecule has 0 aliphatic rings. The Morgan fingerprint density at radius 3 is 2.62 bits per heavy atom. The summed E-state index contributed by atoms with van der Waals surface area (Å²) in [5, 5.41) is 3.41. The Hall–Kier alpha value is -1.40. The molecule has 0 radical (unpaired) electrons. The molecule has 1 unspecified atom stereocenters. The van der Waals surface area contributed by atoms with E-state index < -0.39 is 0 Å². The van der Waals surface area contributed by atoms with Gasteiger partial charge >= 0.3 is 5.97 Å². The highest BCUT2D eigenvalue weighted by atomic mass is 32.2. The maximum atomic E-state index is 11.2. The number of carbonyl (C=O) groups is 1. The van der Waals surface area contributed by atoms with Gasteiger partial charge in [0.2, 0.25) is 0 Å². The molecule has 0 aliphatic carbocycles. The maximum absolute atomic E-state index is 11.2. The summed E-state index contributed by atoms with van der Waals surface area (Å²) in [5.41, 5.74) is 1.02. The van der Waals surface area contributed by atoms with E-state index in [9.17, 15) is 4.79 Å². The summed E-state index contributed by atoms with van der Waals surface area (Å²) in [6, 6.07) is 5.80. The Balaban J connectivity index is 2.85. The highest BCUT2D eigenvalue weighted by Gasteiger charge is 2.17. The van der Waals surface area contributed by atoms with Crippen LogP contribution in [0, 0.1) is 0 Å². The fraction of sp³-hybridized carbons (Fsp3) is 0.533. The molecule has 21 heavy (non-hydrogen) atoms. The van der Waals surface area contributed by atoms with Crippen LogP contribution in [0.2, 0.25) is 0 Å². The molecule has 5 nitrogen and oxygen atoms in total. The number of methoxy groups -OCH3 is 3. The zero-order valence-corrected chi connectivity index (χ0v) is 13.8. The molecule has 0 aliphatic heterocycles. The second-order valence-electron chi connectivity index (χ2n) is 4.31. The van der Waals surface area contributed by atoms with E-state index in [4.69, 9.17) is 9.47 Å². The first kappa shape index (κ1) is 17.7. The van der Waals surface area contributed by atoms with Crippen LogP contribution < -0.4 is 14.8 Å². The molecule has 6 heteroatoms. The Morgan fingerprint density at radius 2 is 2.05 bits per heavy atom. The van der Waals surface area contributed by atoms with Gasteiger partial charge in [0.15, 0.2) is 0 Å². The molecular formula is C15H23NO4S. The number of hydrogen-bond donors (Lipinski definition) is 1. The average Bonchev–Trinajstić information content (AvgIpc) is 2.53. The van der Waals surface area contributed by atoms with E-state index in [-0.39, 0.29) is 12.0 Å². The Labute approximate surface area is 130 Å². The lowest BCUT2D eigenvalue weighted by Crippen LogP contribution is -2.24. The largest absolute Gasteiger partial charge is 0.497 e. The standard InChI is InChI=1S/C15H23NO4S/c1-5-16-13(9-21-10-15(17)20-4)12-8-11(18-2)6-7-14(12)19-3/h6-8,13,16H,5,9-10H2,1-4H3. The third-order valence-electron chi connectivity index (χ3n) is 2.99. The lowest BCUT2D eigenvalue weighted by atomic mass is 10.1. The van der Waals surface area contributed by atoms with E-state index in [2.05, 4.69) is 10.1 Å². The number of hydrogen-bond acceptors (Lipinski definition) is 6. The molecule has 0 fully saturated rings. The average molecular weight is 313 g/mol. The summed E-state index contributed by atoms with van der Waals surface area (Å²) < 4.78 is 15.4. The molecule has 0 heterocycles. The molecule has 1 aromatic rings.